The molecule has 3 N–H and O–H groups in total. The van der Waals surface area contributed by atoms with Gasteiger partial charge in [-0.25, -0.2) is 13.1 Å². The first kappa shape index (κ1) is 17.6. The van der Waals surface area contributed by atoms with Crippen LogP contribution >= 0.6 is 0 Å². The standard InChI is InChI=1S/C14H23N3O3S/c1-14(2,3)16-9-8-13(18)17-11-6-5-7-12(10-11)21(19,20)15-4/h5-7,10,15-16H,8-9H2,1-4H3,(H,17,18). The Morgan fingerprint density at radius 3 is 2.48 bits per heavy atom. The van der Waals surface area contributed by atoms with Crippen LogP contribution in [-0.2, 0) is 14.8 Å². The van der Waals surface area contributed by atoms with Crippen LogP contribution in [0, 0.1) is 0 Å². The van der Waals surface area contributed by atoms with Gasteiger partial charge < -0.3 is 10.6 Å². The first-order chi connectivity index (χ1) is 9.64. The number of hydrogen-bond donors (Lipinski definition) is 3. The summed E-state index contributed by atoms with van der Waals surface area (Å²) in [4.78, 5) is 11.9. The third-order valence-corrected chi connectivity index (χ3v) is 4.12. The van der Waals surface area contributed by atoms with Crippen molar-refractivity contribution in [2.75, 3.05) is 18.9 Å². The predicted octanol–water partition coefficient (Wildman–Crippen LogP) is 1.31. The number of nitrogens with one attached hydrogen (secondary N) is 3. The summed E-state index contributed by atoms with van der Waals surface area (Å²) in [6, 6.07) is 6.15. The number of hydrogen-bond acceptors (Lipinski definition) is 4. The van der Waals surface area contributed by atoms with Crippen molar-refractivity contribution in [3.8, 4) is 0 Å². The van der Waals surface area contributed by atoms with Crippen molar-refractivity contribution in [1.29, 1.82) is 0 Å². The van der Waals surface area contributed by atoms with Crippen molar-refractivity contribution in [3.63, 3.8) is 0 Å². The Hall–Kier alpha value is -1.44. The first-order valence-corrected chi connectivity index (χ1v) is 8.21. The molecular formula is C14H23N3O3S. The van der Waals surface area contributed by atoms with E-state index in [1.807, 2.05) is 20.8 Å². The lowest BCUT2D eigenvalue weighted by molar-refractivity contribution is -0.116. The topological polar surface area (TPSA) is 87.3 Å². The summed E-state index contributed by atoms with van der Waals surface area (Å²) < 4.78 is 25.6. The van der Waals surface area contributed by atoms with E-state index in [4.69, 9.17) is 0 Å². The van der Waals surface area contributed by atoms with Crippen LogP contribution in [-0.4, -0.2) is 33.5 Å². The number of carbonyl (C=O) groups excluding carboxylic acids is 1. The molecule has 0 saturated heterocycles. The third kappa shape index (κ3) is 6.24. The van der Waals surface area contributed by atoms with Gasteiger partial charge in [0.05, 0.1) is 4.90 Å². The Kier molecular flexibility index (Phi) is 5.88. The molecular weight excluding hydrogens is 290 g/mol. The minimum atomic E-state index is -3.51. The number of carbonyl (C=O) groups is 1. The zero-order valence-corrected chi connectivity index (χ0v) is 13.7. The molecule has 0 spiro atoms. The Labute approximate surface area is 126 Å². The summed E-state index contributed by atoms with van der Waals surface area (Å²) in [5.41, 5.74) is 0.424. The lowest BCUT2D eigenvalue weighted by Gasteiger charge is -2.20. The zero-order chi connectivity index (χ0) is 16.1. The third-order valence-electron chi connectivity index (χ3n) is 2.70. The highest BCUT2D eigenvalue weighted by Gasteiger charge is 2.13. The summed E-state index contributed by atoms with van der Waals surface area (Å²) in [7, 11) is -2.16. The molecule has 1 amide bonds. The molecule has 1 aromatic rings. The molecule has 21 heavy (non-hydrogen) atoms. The maximum absolute atomic E-state index is 11.8. The van der Waals surface area contributed by atoms with Crippen molar-refractivity contribution in [2.24, 2.45) is 0 Å². The SMILES string of the molecule is CNS(=O)(=O)c1cccc(NC(=O)CCNC(C)(C)C)c1. The number of rotatable bonds is 6. The molecule has 0 aliphatic carbocycles. The fourth-order valence-electron chi connectivity index (χ4n) is 1.63. The highest BCUT2D eigenvalue weighted by atomic mass is 32.2. The van der Waals surface area contributed by atoms with Gasteiger partial charge in [-0.05, 0) is 46.0 Å². The largest absolute Gasteiger partial charge is 0.326 e. The lowest BCUT2D eigenvalue weighted by Crippen LogP contribution is -2.37. The van der Waals surface area contributed by atoms with Gasteiger partial charge >= 0.3 is 0 Å². The normalized spacial score (nSPS) is 12.2. The van der Waals surface area contributed by atoms with Gasteiger partial charge in [-0.3, -0.25) is 4.79 Å². The number of amides is 1. The van der Waals surface area contributed by atoms with Crippen molar-refractivity contribution in [2.45, 2.75) is 37.6 Å². The highest BCUT2D eigenvalue weighted by Crippen LogP contribution is 2.15. The molecule has 0 aliphatic heterocycles. The second-order valence-corrected chi connectivity index (χ2v) is 7.60. The molecule has 0 bridgehead atoms. The van der Waals surface area contributed by atoms with Crippen molar-refractivity contribution >= 4 is 21.6 Å². The van der Waals surface area contributed by atoms with Gasteiger partial charge in [0, 0.05) is 24.2 Å². The molecule has 0 atom stereocenters. The molecule has 0 saturated carbocycles. The summed E-state index contributed by atoms with van der Waals surface area (Å²) in [6.45, 7) is 6.63. The van der Waals surface area contributed by atoms with Crippen LogP contribution in [0.25, 0.3) is 0 Å². The van der Waals surface area contributed by atoms with E-state index < -0.39 is 10.0 Å². The predicted molar refractivity (Wildman–Crippen MR) is 83.7 cm³/mol. The number of sulfonamides is 1. The monoisotopic (exact) mass is 313 g/mol. The van der Waals surface area contributed by atoms with Crippen LogP contribution in [0.3, 0.4) is 0 Å². The molecule has 0 aliphatic rings. The van der Waals surface area contributed by atoms with E-state index in [0.29, 0.717) is 18.7 Å². The van der Waals surface area contributed by atoms with Gasteiger partial charge in [0.15, 0.2) is 0 Å². The molecule has 6 nitrogen and oxygen atoms in total. The molecule has 0 unspecified atom stereocenters. The van der Waals surface area contributed by atoms with Gasteiger partial charge in [0.25, 0.3) is 0 Å². The highest BCUT2D eigenvalue weighted by molar-refractivity contribution is 7.89. The second kappa shape index (κ2) is 7.02. The van der Waals surface area contributed by atoms with Crippen molar-refractivity contribution < 1.29 is 13.2 Å². The van der Waals surface area contributed by atoms with Crippen LogP contribution < -0.4 is 15.4 Å². The van der Waals surface area contributed by atoms with E-state index in [2.05, 4.69) is 15.4 Å². The minimum absolute atomic E-state index is 0.0406. The van der Waals surface area contributed by atoms with Crippen LogP contribution in [0.2, 0.25) is 0 Å². The van der Waals surface area contributed by atoms with E-state index in [-0.39, 0.29) is 16.3 Å². The Morgan fingerprint density at radius 1 is 1.24 bits per heavy atom. The molecule has 1 rings (SSSR count). The van der Waals surface area contributed by atoms with Gasteiger partial charge in [-0.2, -0.15) is 0 Å². The molecule has 1 aromatic carbocycles. The van der Waals surface area contributed by atoms with Crippen molar-refractivity contribution in [3.05, 3.63) is 24.3 Å². The van der Waals surface area contributed by atoms with Crippen LogP contribution in [0.15, 0.2) is 29.2 Å². The maximum Gasteiger partial charge on any atom is 0.240 e. The quantitative estimate of drug-likeness (QED) is 0.739. The average Bonchev–Trinajstić information content (AvgIpc) is 2.37. The fraction of sp³-hybridized carbons (Fsp3) is 0.500. The van der Waals surface area contributed by atoms with E-state index in [1.54, 1.807) is 12.1 Å². The summed E-state index contributed by atoms with van der Waals surface area (Å²) in [5, 5.41) is 5.91. The molecule has 0 heterocycles. The summed E-state index contributed by atoms with van der Waals surface area (Å²) >= 11 is 0. The summed E-state index contributed by atoms with van der Waals surface area (Å²) in [6.07, 6.45) is 0.320. The van der Waals surface area contributed by atoms with Crippen LogP contribution in [0.5, 0.6) is 0 Å². The molecule has 0 fully saturated rings. The Balaban J connectivity index is 2.63. The second-order valence-electron chi connectivity index (χ2n) is 5.71. The Bertz CT molecular complexity index is 592. The van der Waals surface area contributed by atoms with Crippen LogP contribution in [0.1, 0.15) is 27.2 Å². The fourth-order valence-corrected chi connectivity index (χ4v) is 2.41. The summed E-state index contributed by atoms with van der Waals surface area (Å²) in [5.74, 6) is -0.161. The van der Waals surface area contributed by atoms with E-state index >= 15 is 0 Å². The Morgan fingerprint density at radius 2 is 1.90 bits per heavy atom. The van der Waals surface area contributed by atoms with Gasteiger partial charge in [-0.15, -0.1) is 0 Å². The van der Waals surface area contributed by atoms with Crippen LogP contribution in [0.4, 0.5) is 5.69 Å². The first-order valence-electron chi connectivity index (χ1n) is 6.72. The zero-order valence-electron chi connectivity index (χ0n) is 12.9. The van der Waals surface area contributed by atoms with E-state index in [0.717, 1.165) is 0 Å². The maximum atomic E-state index is 11.8. The number of benzene rings is 1. The lowest BCUT2D eigenvalue weighted by atomic mass is 10.1. The van der Waals surface area contributed by atoms with Gasteiger partial charge in [-0.1, -0.05) is 6.07 Å². The number of anilines is 1. The molecule has 118 valence electrons. The van der Waals surface area contributed by atoms with E-state index in [1.165, 1.54) is 19.2 Å². The van der Waals surface area contributed by atoms with Gasteiger partial charge in [0.2, 0.25) is 15.9 Å². The molecule has 0 radical (unpaired) electrons. The van der Waals surface area contributed by atoms with Gasteiger partial charge in [0.1, 0.15) is 0 Å². The molecule has 0 aromatic heterocycles. The van der Waals surface area contributed by atoms with Crippen molar-refractivity contribution in [1.82, 2.24) is 10.0 Å². The van der Waals surface area contributed by atoms with E-state index in [9.17, 15) is 13.2 Å². The minimum Gasteiger partial charge on any atom is -0.326 e. The molecule has 7 heteroatoms. The smallest absolute Gasteiger partial charge is 0.240 e. The average molecular weight is 313 g/mol.